The average molecular weight is 332 g/mol. The Morgan fingerprint density at radius 3 is 2.42 bits per heavy atom. The van der Waals surface area contributed by atoms with Gasteiger partial charge in [-0.3, -0.25) is 0 Å². The van der Waals surface area contributed by atoms with Gasteiger partial charge in [0.05, 0.1) is 5.02 Å². The van der Waals surface area contributed by atoms with Crippen molar-refractivity contribution in [2.24, 2.45) is 0 Å². The van der Waals surface area contributed by atoms with Crippen LogP contribution in [0.15, 0.2) is 57.4 Å². The molecule has 0 atom stereocenters. The molecule has 0 saturated heterocycles. The lowest BCUT2D eigenvalue weighted by atomic mass is 10.1. The van der Waals surface area contributed by atoms with E-state index in [1.165, 1.54) is 5.39 Å². The Morgan fingerprint density at radius 2 is 1.53 bits per heavy atom. The molecule has 3 heteroatoms. The van der Waals surface area contributed by atoms with Crippen LogP contribution in [-0.4, -0.2) is 0 Å². The molecular formula is C16H8BrClO. The molecule has 4 aromatic rings. The molecule has 0 aliphatic rings. The molecule has 1 nitrogen and oxygen atoms in total. The largest absolute Gasteiger partial charge is 0.454 e. The maximum Gasteiger partial charge on any atom is 0.155 e. The number of benzene rings is 3. The third-order valence-electron chi connectivity index (χ3n) is 3.42. The van der Waals surface area contributed by atoms with Gasteiger partial charge in [-0.15, -0.1) is 0 Å². The van der Waals surface area contributed by atoms with E-state index in [9.17, 15) is 0 Å². The van der Waals surface area contributed by atoms with Crippen LogP contribution < -0.4 is 0 Å². The summed E-state index contributed by atoms with van der Waals surface area (Å²) in [5, 5.41) is 5.06. The van der Waals surface area contributed by atoms with E-state index in [0.29, 0.717) is 5.02 Å². The van der Waals surface area contributed by atoms with E-state index < -0.39 is 0 Å². The Bertz CT molecular complexity index is 940. The SMILES string of the molecule is Clc1c(Br)ccc2c1oc1c3ccccc3ccc21. The number of furan rings is 1. The van der Waals surface area contributed by atoms with Gasteiger partial charge >= 0.3 is 0 Å². The minimum atomic E-state index is 0.623. The van der Waals surface area contributed by atoms with Crippen molar-refractivity contribution in [2.75, 3.05) is 0 Å². The van der Waals surface area contributed by atoms with Gasteiger partial charge in [-0.25, -0.2) is 0 Å². The molecule has 0 unspecified atom stereocenters. The first-order valence-corrected chi connectivity index (χ1v) is 7.11. The van der Waals surface area contributed by atoms with Gasteiger partial charge in [0.2, 0.25) is 0 Å². The second-order valence-corrected chi connectivity index (χ2v) is 5.74. The molecule has 0 amide bonds. The summed E-state index contributed by atoms with van der Waals surface area (Å²) in [4.78, 5) is 0. The van der Waals surface area contributed by atoms with E-state index in [4.69, 9.17) is 16.0 Å². The summed E-state index contributed by atoms with van der Waals surface area (Å²) >= 11 is 9.74. The van der Waals surface area contributed by atoms with E-state index in [1.807, 2.05) is 24.3 Å². The van der Waals surface area contributed by atoms with Crippen molar-refractivity contribution >= 4 is 60.2 Å². The van der Waals surface area contributed by atoms with Crippen molar-refractivity contribution in [3.05, 3.63) is 58.0 Å². The molecular weight excluding hydrogens is 324 g/mol. The zero-order valence-corrected chi connectivity index (χ0v) is 12.1. The number of halogens is 2. The number of rotatable bonds is 0. The zero-order valence-electron chi connectivity index (χ0n) is 9.78. The van der Waals surface area contributed by atoms with E-state index in [1.54, 1.807) is 0 Å². The van der Waals surface area contributed by atoms with Crippen molar-refractivity contribution in [1.29, 1.82) is 0 Å². The first kappa shape index (κ1) is 11.3. The summed E-state index contributed by atoms with van der Waals surface area (Å²) in [7, 11) is 0. The Labute approximate surface area is 122 Å². The van der Waals surface area contributed by atoms with Crippen molar-refractivity contribution < 1.29 is 4.42 Å². The van der Waals surface area contributed by atoms with Crippen molar-refractivity contribution in [2.45, 2.75) is 0 Å². The minimum absolute atomic E-state index is 0.623. The molecule has 0 spiro atoms. The van der Waals surface area contributed by atoms with Gasteiger partial charge in [0.1, 0.15) is 5.58 Å². The highest BCUT2D eigenvalue weighted by Crippen LogP contribution is 2.39. The Balaban J connectivity index is 2.30. The van der Waals surface area contributed by atoms with Crippen LogP contribution in [0.2, 0.25) is 5.02 Å². The normalized spacial score (nSPS) is 11.7. The maximum atomic E-state index is 6.31. The van der Waals surface area contributed by atoms with Crippen molar-refractivity contribution in [3.8, 4) is 0 Å². The second kappa shape index (κ2) is 3.99. The van der Waals surface area contributed by atoms with E-state index in [0.717, 1.165) is 31.8 Å². The average Bonchev–Trinajstić information content (AvgIpc) is 2.83. The fraction of sp³-hybridized carbons (Fsp3) is 0. The van der Waals surface area contributed by atoms with Gasteiger partial charge in [0.25, 0.3) is 0 Å². The van der Waals surface area contributed by atoms with Crippen LogP contribution >= 0.6 is 27.5 Å². The lowest BCUT2D eigenvalue weighted by Gasteiger charge is -1.97. The molecule has 1 aromatic heterocycles. The lowest BCUT2D eigenvalue weighted by molar-refractivity contribution is 0.672. The minimum Gasteiger partial charge on any atom is -0.454 e. The highest BCUT2D eigenvalue weighted by molar-refractivity contribution is 9.10. The van der Waals surface area contributed by atoms with Crippen LogP contribution in [0.5, 0.6) is 0 Å². The Hall–Kier alpha value is -1.51. The molecule has 0 radical (unpaired) electrons. The summed E-state index contributed by atoms with van der Waals surface area (Å²) in [6.45, 7) is 0. The van der Waals surface area contributed by atoms with Gasteiger partial charge < -0.3 is 4.42 Å². The van der Waals surface area contributed by atoms with E-state index in [-0.39, 0.29) is 0 Å². The van der Waals surface area contributed by atoms with Crippen LogP contribution in [0.4, 0.5) is 0 Å². The fourth-order valence-corrected chi connectivity index (χ4v) is 3.03. The number of hydrogen-bond donors (Lipinski definition) is 0. The molecule has 0 aliphatic carbocycles. The van der Waals surface area contributed by atoms with Crippen molar-refractivity contribution in [1.82, 2.24) is 0 Å². The van der Waals surface area contributed by atoms with E-state index >= 15 is 0 Å². The van der Waals surface area contributed by atoms with Gasteiger partial charge in [0.15, 0.2) is 5.58 Å². The fourth-order valence-electron chi connectivity index (χ4n) is 2.51. The summed E-state index contributed by atoms with van der Waals surface area (Å²) < 4.78 is 6.87. The molecule has 3 aromatic carbocycles. The van der Waals surface area contributed by atoms with Gasteiger partial charge in [-0.1, -0.05) is 41.9 Å². The van der Waals surface area contributed by atoms with Crippen LogP contribution in [0.25, 0.3) is 32.7 Å². The number of fused-ring (bicyclic) bond motifs is 5. The molecule has 19 heavy (non-hydrogen) atoms. The van der Waals surface area contributed by atoms with Crippen LogP contribution in [0.1, 0.15) is 0 Å². The van der Waals surface area contributed by atoms with Gasteiger partial charge in [0, 0.05) is 20.6 Å². The Kier molecular flexibility index (Phi) is 2.38. The summed E-state index contributed by atoms with van der Waals surface area (Å²) in [6, 6.07) is 16.4. The monoisotopic (exact) mass is 330 g/mol. The van der Waals surface area contributed by atoms with Crippen molar-refractivity contribution in [3.63, 3.8) is 0 Å². The molecule has 0 fully saturated rings. The maximum absolute atomic E-state index is 6.31. The third kappa shape index (κ3) is 1.54. The summed E-state index contributed by atoms with van der Waals surface area (Å²) in [5.41, 5.74) is 1.63. The first-order valence-electron chi connectivity index (χ1n) is 5.93. The first-order chi connectivity index (χ1) is 9.25. The molecule has 0 N–H and O–H groups in total. The molecule has 1 heterocycles. The highest BCUT2D eigenvalue weighted by Gasteiger charge is 2.13. The van der Waals surface area contributed by atoms with Crippen LogP contribution in [0, 0.1) is 0 Å². The molecule has 0 saturated carbocycles. The third-order valence-corrected chi connectivity index (χ3v) is 4.69. The molecule has 0 aliphatic heterocycles. The van der Waals surface area contributed by atoms with Crippen LogP contribution in [0.3, 0.4) is 0 Å². The van der Waals surface area contributed by atoms with Gasteiger partial charge in [-0.2, -0.15) is 0 Å². The van der Waals surface area contributed by atoms with Gasteiger partial charge in [-0.05, 0) is 39.5 Å². The van der Waals surface area contributed by atoms with E-state index in [2.05, 4.69) is 40.2 Å². The predicted octanol–water partition coefficient (Wildman–Crippen LogP) is 6.16. The molecule has 4 rings (SSSR count). The highest BCUT2D eigenvalue weighted by atomic mass is 79.9. The summed E-state index contributed by atoms with van der Waals surface area (Å²) in [5.74, 6) is 0. The zero-order chi connectivity index (χ0) is 13.0. The Morgan fingerprint density at radius 1 is 0.789 bits per heavy atom. The molecule has 92 valence electrons. The lowest BCUT2D eigenvalue weighted by Crippen LogP contribution is -1.72. The topological polar surface area (TPSA) is 13.1 Å². The predicted molar refractivity (Wildman–Crippen MR) is 83.9 cm³/mol. The smallest absolute Gasteiger partial charge is 0.155 e. The quantitative estimate of drug-likeness (QED) is 0.376. The molecule has 0 bridgehead atoms. The summed E-state index contributed by atoms with van der Waals surface area (Å²) in [6.07, 6.45) is 0. The van der Waals surface area contributed by atoms with Crippen LogP contribution in [-0.2, 0) is 0 Å². The standard InChI is InChI=1S/C16H8BrClO/c17-13-8-7-12-11-6-5-9-3-1-2-4-10(9)15(11)19-16(12)14(13)18/h1-8H. The second-order valence-electron chi connectivity index (χ2n) is 4.50. The number of hydrogen-bond acceptors (Lipinski definition) is 1.